The largest absolute Gasteiger partial charge is 0.344 e. The van der Waals surface area contributed by atoms with Gasteiger partial charge in [-0.3, -0.25) is 9.59 Å². The molecule has 11 heteroatoms. The number of sulfonamides is 1. The molecule has 3 aromatic heterocycles. The molecule has 5 aromatic rings. The average Bonchev–Trinajstić information content (AvgIpc) is 2.87. The number of nitrogens with zero attached hydrogens (tertiary/aromatic N) is 3. The molecule has 1 amide bonds. The second-order valence-corrected chi connectivity index (χ2v) is 11.1. The third kappa shape index (κ3) is 5.71. The quantitative estimate of drug-likeness (QED) is 0.291. The summed E-state index contributed by atoms with van der Waals surface area (Å²) >= 11 is 6.21. The molecule has 0 aliphatic rings. The van der Waals surface area contributed by atoms with Gasteiger partial charge in [-0.05, 0) is 31.5 Å². The van der Waals surface area contributed by atoms with Gasteiger partial charge in [-0.2, -0.15) is 0 Å². The molecule has 9 nitrogen and oxygen atoms in total. The molecule has 0 saturated heterocycles. The van der Waals surface area contributed by atoms with Gasteiger partial charge in [-0.15, -0.1) is 0 Å². The Kier molecular flexibility index (Phi) is 6.98. The minimum Gasteiger partial charge on any atom is -0.344 e. The van der Waals surface area contributed by atoms with E-state index in [4.69, 9.17) is 11.6 Å². The molecule has 2 N–H and O–H groups in total. The summed E-state index contributed by atoms with van der Waals surface area (Å²) in [7, 11) is -4.08. The van der Waals surface area contributed by atoms with Crippen molar-refractivity contribution in [3.63, 3.8) is 0 Å². The smallest absolute Gasteiger partial charge is 0.270 e. The van der Waals surface area contributed by atoms with Crippen molar-refractivity contribution in [3.05, 3.63) is 111 Å². The van der Waals surface area contributed by atoms with E-state index in [-0.39, 0.29) is 16.3 Å². The third-order valence-corrected chi connectivity index (χ3v) is 7.29. The van der Waals surface area contributed by atoms with Gasteiger partial charge >= 0.3 is 0 Å². The van der Waals surface area contributed by atoms with Crippen molar-refractivity contribution in [2.24, 2.45) is 0 Å². The molecule has 0 unspecified atom stereocenters. The van der Waals surface area contributed by atoms with Crippen LogP contribution in [0.4, 0.5) is 0 Å². The maximum atomic E-state index is 13.4. The second-order valence-electron chi connectivity index (χ2n) is 9.01. The third-order valence-electron chi connectivity index (χ3n) is 5.88. The first-order chi connectivity index (χ1) is 18.6. The number of pyridine rings is 2. The van der Waals surface area contributed by atoms with Crippen LogP contribution in [0.25, 0.3) is 33.7 Å². The number of hydrogen-bond donors (Lipinski definition) is 2. The number of aromatic amines is 1. The Morgan fingerprint density at radius 1 is 0.923 bits per heavy atom. The number of aryl methyl sites for hydroxylation is 2. The van der Waals surface area contributed by atoms with Gasteiger partial charge < -0.3 is 4.98 Å². The summed E-state index contributed by atoms with van der Waals surface area (Å²) in [6.45, 7) is 3.61. The number of rotatable bonds is 6. The lowest BCUT2D eigenvalue weighted by atomic mass is 10.0. The molecule has 0 saturated carbocycles. The Labute approximate surface area is 229 Å². The molecule has 0 atom stereocenters. The van der Waals surface area contributed by atoms with E-state index in [0.29, 0.717) is 28.2 Å². The maximum absolute atomic E-state index is 13.4. The standard InChI is InChI=1S/C28H22ClN5O4S/c1-16-7-6-8-18(11-16)15-39(37,38)34-28(36)21-14-30-27-25(26(21)35)32-24(20-12-17(2)31-22(29)13-20)23(33-27)19-9-4-3-5-10-19/h3-14H,15H2,1-2H3,(H,34,36)(H,30,33,35). The highest BCUT2D eigenvalue weighted by Gasteiger charge is 2.23. The normalized spacial score (nSPS) is 11.5. The van der Waals surface area contributed by atoms with Gasteiger partial charge in [0.1, 0.15) is 10.7 Å². The van der Waals surface area contributed by atoms with Crippen LogP contribution < -0.4 is 10.2 Å². The fourth-order valence-electron chi connectivity index (χ4n) is 4.21. The Morgan fingerprint density at radius 3 is 2.38 bits per heavy atom. The number of halogens is 1. The number of nitrogens with one attached hydrogen (secondary N) is 2. The summed E-state index contributed by atoms with van der Waals surface area (Å²) in [5.74, 6) is -1.48. The number of H-pyrrole nitrogens is 1. The molecular formula is C28H22ClN5O4S. The molecule has 3 heterocycles. The Bertz CT molecular complexity index is 1890. The number of benzene rings is 2. The first-order valence-electron chi connectivity index (χ1n) is 11.8. The molecule has 0 bridgehead atoms. The van der Waals surface area contributed by atoms with Crippen molar-refractivity contribution in [1.29, 1.82) is 0 Å². The summed E-state index contributed by atoms with van der Waals surface area (Å²) in [5.41, 5.74) is 3.04. The zero-order chi connectivity index (χ0) is 27.7. The van der Waals surface area contributed by atoms with Gasteiger partial charge in [-0.1, -0.05) is 71.8 Å². The van der Waals surface area contributed by atoms with Crippen LogP contribution in [0.2, 0.25) is 5.15 Å². The average molecular weight is 560 g/mol. The molecule has 5 rings (SSSR count). The molecule has 0 aliphatic carbocycles. The molecule has 39 heavy (non-hydrogen) atoms. The van der Waals surface area contributed by atoms with E-state index < -0.39 is 32.7 Å². The molecule has 0 radical (unpaired) electrons. The van der Waals surface area contributed by atoms with Gasteiger partial charge in [0.05, 0.1) is 17.1 Å². The number of fused-ring (bicyclic) bond motifs is 1. The monoisotopic (exact) mass is 559 g/mol. The van der Waals surface area contributed by atoms with Crippen molar-refractivity contribution in [1.82, 2.24) is 24.7 Å². The minimum absolute atomic E-state index is 0.126. The highest BCUT2D eigenvalue weighted by atomic mass is 35.5. The van der Waals surface area contributed by atoms with E-state index in [9.17, 15) is 18.0 Å². The number of amides is 1. The van der Waals surface area contributed by atoms with Crippen LogP contribution >= 0.6 is 11.6 Å². The summed E-state index contributed by atoms with van der Waals surface area (Å²) in [5, 5.41) is 0.242. The van der Waals surface area contributed by atoms with Crippen LogP contribution in [-0.2, 0) is 15.8 Å². The van der Waals surface area contributed by atoms with E-state index in [0.717, 1.165) is 17.3 Å². The second kappa shape index (κ2) is 10.4. The fourth-order valence-corrected chi connectivity index (χ4v) is 5.55. The lowest BCUT2D eigenvalue weighted by molar-refractivity contribution is 0.0980. The number of carbonyl (C=O) groups is 1. The Hall–Kier alpha value is -4.41. The fraction of sp³-hybridized carbons (Fsp3) is 0.107. The van der Waals surface area contributed by atoms with E-state index >= 15 is 0 Å². The number of aromatic nitrogens is 4. The topological polar surface area (TPSA) is 135 Å². The van der Waals surface area contributed by atoms with Crippen LogP contribution in [0.15, 0.2) is 77.7 Å². The van der Waals surface area contributed by atoms with E-state index in [1.807, 2.05) is 48.0 Å². The molecular weight excluding hydrogens is 538 g/mol. The zero-order valence-corrected chi connectivity index (χ0v) is 22.5. The highest BCUT2D eigenvalue weighted by Crippen LogP contribution is 2.31. The Morgan fingerprint density at radius 2 is 1.67 bits per heavy atom. The summed E-state index contributed by atoms with van der Waals surface area (Å²) in [6.07, 6.45) is 1.14. The van der Waals surface area contributed by atoms with Crippen molar-refractivity contribution < 1.29 is 13.2 Å². The first kappa shape index (κ1) is 26.2. The summed E-state index contributed by atoms with van der Waals surface area (Å²) < 4.78 is 27.4. The van der Waals surface area contributed by atoms with E-state index in [2.05, 4.69) is 19.9 Å². The number of hydrogen-bond acceptors (Lipinski definition) is 7. The maximum Gasteiger partial charge on any atom is 0.270 e. The van der Waals surface area contributed by atoms with Crippen LogP contribution in [0.1, 0.15) is 27.2 Å². The zero-order valence-electron chi connectivity index (χ0n) is 20.9. The van der Waals surface area contributed by atoms with Crippen molar-refractivity contribution in [2.45, 2.75) is 19.6 Å². The highest BCUT2D eigenvalue weighted by molar-refractivity contribution is 7.89. The van der Waals surface area contributed by atoms with Gasteiger partial charge in [0.25, 0.3) is 5.91 Å². The minimum atomic E-state index is -4.08. The van der Waals surface area contributed by atoms with E-state index in [1.165, 1.54) is 0 Å². The van der Waals surface area contributed by atoms with Crippen molar-refractivity contribution in [2.75, 3.05) is 0 Å². The Balaban J connectivity index is 1.59. The predicted octanol–water partition coefficient (Wildman–Crippen LogP) is 4.58. The van der Waals surface area contributed by atoms with E-state index in [1.54, 1.807) is 37.3 Å². The van der Waals surface area contributed by atoms with Gasteiger partial charge in [0.2, 0.25) is 15.5 Å². The predicted molar refractivity (Wildman–Crippen MR) is 150 cm³/mol. The van der Waals surface area contributed by atoms with Gasteiger partial charge in [0, 0.05) is 23.0 Å². The molecule has 0 fully saturated rings. The van der Waals surface area contributed by atoms with Crippen LogP contribution in [-0.4, -0.2) is 34.3 Å². The number of carbonyl (C=O) groups excluding carboxylic acids is 1. The SMILES string of the molecule is Cc1cccc(CS(=O)(=O)NC(=O)c2c[nH]c3nc(-c4ccccc4)c(-c4cc(C)nc(Cl)c4)nc3c2=O)c1. The summed E-state index contributed by atoms with van der Waals surface area (Å²) in [4.78, 5) is 42.6. The van der Waals surface area contributed by atoms with Crippen LogP contribution in [0.3, 0.4) is 0 Å². The van der Waals surface area contributed by atoms with Gasteiger partial charge in [-0.25, -0.2) is 28.1 Å². The molecule has 2 aromatic carbocycles. The van der Waals surface area contributed by atoms with Crippen molar-refractivity contribution >= 4 is 38.7 Å². The molecule has 0 spiro atoms. The molecule has 0 aliphatic heterocycles. The van der Waals surface area contributed by atoms with Crippen molar-refractivity contribution in [3.8, 4) is 22.5 Å². The van der Waals surface area contributed by atoms with Crippen LogP contribution in [0.5, 0.6) is 0 Å². The lowest BCUT2D eigenvalue weighted by Crippen LogP contribution is -2.35. The first-order valence-corrected chi connectivity index (χ1v) is 13.9. The lowest BCUT2D eigenvalue weighted by Gasteiger charge is -2.12. The van der Waals surface area contributed by atoms with Crippen LogP contribution in [0, 0.1) is 13.8 Å². The van der Waals surface area contributed by atoms with Gasteiger partial charge in [0.15, 0.2) is 11.2 Å². The molecule has 196 valence electrons. The summed E-state index contributed by atoms with van der Waals surface area (Å²) in [6, 6.07) is 19.6.